The lowest BCUT2D eigenvalue weighted by Crippen LogP contribution is -2.01. The first kappa shape index (κ1) is 13.3. The Kier molecular flexibility index (Phi) is 4.34. The number of aromatic amines is 1. The van der Waals surface area contributed by atoms with E-state index in [2.05, 4.69) is 9.97 Å². The number of aromatic nitrogens is 2. The molecule has 19 heavy (non-hydrogen) atoms. The van der Waals surface area contributed by atoms with Crippen LogP contribution < -0.4 is 4.74 Å². The highest BCUT2D eigenvalue weighted by Crippen LogP contribution is 2.13. The van der Waals surface area contributed by atoms with E-state index < -0.39 is 0 Å². The maximum atomic E-state index is 11.1. The molecule has 0 aliphatic rings. The molecule has 0 saturated carbocycles. The number of aryl methyl sites for hydroxylation is 2. The third-order valence-electron chi connectivity index (χ3n) is 3.02. The summed E-state index contributed by atoms with van der Waals surface area (Å²) in [6.07, 6.45) is 3.53. The van der Waals surface area contributed by atoms with E-state index in [1.165, 1.54) is 0 Å². The van der Waals surface area contributed by atoms with Gasteiger partial charge in [0.1, 0.15) is 5.75 Å². The van der Waals surface area contributed by atoms with Crippen molar-refractivity contribution in [1.82, 2.24) is 9.97 Å². The number of hydrogen-bond acceptors (Lipinski definition) is 3. The third kappa shape index (κ3) is 3.68. The van der Waals surface area contributed by atoms with Gasteiger partial charge in [0.05, 0.1) is 18.6 Å². The third-order valence-corrected chi connectivity index (χ3v) is 3.02. The first-order valence-corrected chi connectivity index (χ1v) is 6.39. The van der Waals surface area contributed by atoms with E-state index in [0.29, 0.717) is 12.2 Å². The molecule has 100 valence electrons. The van der Waals surface area contributed by atoms with E-state index in [4.69, 9.17) is 4.74 Å². The number of rotatable bonds is 6. The lowest BCUT2D eigenvalue weighted by Gasteiger charge is -2.06. The second kappa shape index (κ2) is 6.18. The summed E-state index contributed by atoms with van der Waals surface area (Å²) in [5, 5.41) is 0. The van der Waals surface area contributed by atoms with Gasteiger partial charge in [0, 0.05) is 11.3 Å². The van der Waals surface area contributed by atoms with Gasteiger partial charge in [0.15, 0.2) is 5.78 Å². The number of carbonyl (C=O) groups is 1. The van der Waals surface area contributed by atoms with Crippen molar-refractivity contribution in [3.63, 3.8) is 0 Å². The van der Waals surface area contributed by atoms with E-state index in [1.807, 2.05) is 19.1 Å². The molecule has 2 rings (SSSR count). The van der Waals surface area contributed by atoms with E-state index >= 15 is 0 Å². The van der Waals surface area contributed by atoms with Gasteiger partial charge in [-0.2, -0.15) is 0 Å². The highest BCUT2D eigenvalue weighted by atomic mass is 16.5. The van der Waals surface area contributed by atoms with Crippen molar-refractivity contribution in [2.24, 2.45) is 0 Å². The highest BCUT2D eigenvalue weighted by molar-refractivity contribution is 5.94. The molecule has 0 unspecified atom stereocenters. The van der Waals surface area contributed by atoms with Gasteiger partial charge in [-0.15, -0.1) is 0 Å². The van der Waals surface area contributed by atoms with Gasteiger partial charge < -0.3 is 9.72 Å². The van der Waals surface area contributed by atoms with Crippen molar-refractivity contribution in [3.8, 4) is 5.75 Å². The molecule has 0 fully saturated rings. The summed E-state index contributed by atoms with van der Waals surface area (Å²) in [5.41, 5.74) is 2.92. The van der Waals surface area contributed by atoms with Crippen molar-refractivity contribution in [3.05, 3.63) is 47.5 Å². The summed E-state index contributed by atoms with van der Waals surface area (Å²) >= 11 is 0. The second-order valence-corrected chi connectivity index (χ2v) is 4.51. The average Bonchev–Trinajstić information content (AvgIpc) is 2.81. The van der Waals surface area contributed by atoms with Crippen LogP contribution in [0.2, 0.25) is 0 Å². The molecule has 0 atom stereocenters. The minimum Gasteiger partial charge on any atom is -0.494 e. The summed E-state index contributed by atoms with van der Waals surface area (Å²) in [4.78, 5) is 18.4. The quantitative estimate of drug-likeness (QED) is 0.640. The van der Waals surface area contributed by atoms with Gasteiger partial charge in [0.2, 0.25) is 0 Å². The maximum absolute atomic E-state index is 11.1. The van der Waals surface area contributed by atoms with Gasteiger partial charge in [-0.05, 0) is 51.0 Å². The molecule has 1 N–H and O–H groups in total. The fourth-order valence-corrected chi connectivity index (χ4v) is 1.85. The molecule has 1 heterocycles. The predicted molar refractivity (Wildman–Crippen MR) is 73.6 cm³/mol. The predicted octanol–water partition coefficient (Wildman–Crippen LogP) is 2.93. The van der Waals surface area contributed by atoms with Gasteiger partial charge in [0.25, 0.3) is 0 Å². The second-order valence-electron chi connectivity index (χ2n) is 4.51. The number of imidazole rings is 1. The van der Waals surface area contributed by atoms with Crippen LogP contribution in [0.25, 0.3) is 0 Å². The lowest BCUT2D eigenvalue weighted by atomic mass is 10.1. The van der Waals surface area contributed by atoms with Crippen molar-refractivity contribution in [2.75, 3.05) is 6.61 Å². The maximum Gasteiger partial charge on any atom is 0.159 e. The Morgan fingerprint density at radius 2 is 2.05 bits per heavy atom. The number of ether oxygens (including phenoxy) is 1. The Hall–Kier alpha value is -2.10. The number of nitrogens with zero attached hydrogens (tertiary/aromatic N) is 1. The van der Waals surface area contributed by atoms with Crippen molar-refractivity contribution in [2.45, 2.75) is 26.7 Å². The number of nitrogens with one attached hydrogen (secondary N) is 1. The van der Waals surface area contributed by atoms with Gasteiger partial charge >= 0.3 is 0 Å². The highest BCUT2D eigenvalue weighted by Gasteiger charge is 2.02. The summed E-state index contributed by atoms with van der Waals surface area (Å²) < 4.78 is 5.63. The smallest absolute Gasteiger partial charge is 0.159 e. The number of carbonyl (C=O) groups excluding carboxylic acids is 1. The Bertz CT molecular complexity index is 544. The van der Waals surface area contributed by atoms with Crippen LogP contribution in [0.3, 0.4) is 0 Å². The van der Waals surface area contributed by atoms with E-state index in [9.17, 15) is 4.79 Å². The fourth-order valence-electron chi connectivity index (χ4n) is 1.85. The molecule has 1 aromatic carbocycles. The summed E-state index contributed by atoms with van der Waals surface area (Å²) in [6, 6.07) is 7.23. The molecule has 2 aromatic rings. The Balaban J connectivity index is 1.76. The molecule has 0 bridgehead atoms. The molecule has 0 spiro atoms. The molecule has 0 saturated heterocycles. The van der Waals surface area contributed by atoms with Crippen molar-refractivity contribution < 1.29 is 9.53 Å². The SMILES string of the molecule is CC(=O)c1ccc(OCCCc2nc[nH]c2C)cc1. The summed E-state index contributed by atoms with van der Waals surface area (Å²) in [5.74, 6) is 0.865. The standard InChI is InChI=1S/C15H18N2O2/c1-11-15(17-10-16-11)4-3-9-19-14-7-5-13(6-8-14)12(2)18/h5-8,10H,3-4,9H2,1-2H3,(H,16,17). The van der Waals surface area contributed by atoms with E-state index in [0.717, 1.165) is 30.0 Å². The van der Waals surface area contributed by atoms with Gasteiger partial charge in [-0.25, -0.2) is 4.98 Å². The fraction of sp³-hybridized carbons (Fsp3) is 0.333. The van der Waals surface area contributed by atoms with E-state index in [1.54, 1.807) is 25.4 Å². The van der Waals surface area contributed by atoms with Crippen LogP contribution >= 0.6 is 0 Å². The molecule has 0 aliphatic heterocycles. The zero-order valence-electron chi connectivity index (χ0n) is 11.3. The van der Waals surface area contributed by atoms with Crippen LogP contribution in [0.5, 0.6) is 5.75 Å². The van der Waals surface area contributed by atoms with Crippen LogP contribution in [-0.4, -0.2) is 22.4 Å². The molecule has 1 aromatic heterocycles. The first-order chi connectivity index (χ1) is 9.16. The molecular weight excluding hydrogens is 240 g/mol. The molecule has 0 radical (unpaired) electrons. The minimum absolute atomic E-state index is 0.0700. The molecule has 4 nitrogen and oxygen atoms in total. The van der Waals surface area contributed by atoms with Crippen LogP contribution in [0.15, 0.2) is 30.6 Å². The van der Waals surface area contributed by atoms with Crippen LogP contribution in [0.1, 0.15) is 35.1 Å². The Morgan fingerprint density at radius 1 is 1.32 bits per heavy atom. The average molecular weight is 258 g/mol. The lowest BCUT2D eigenvalue weighted by molar-refractivity contribution is 0.101. The first-order valence-electron chi connectivity index (χ1n) is 6.39. The Labute approximate surface area is 112 Å². The van der Waals surface area contributed by atoms with Gasteiger partial charge in [-0.3, -0.25) is 4.79 Å². The largest absolute Gasteiger partial charge is 0.494 e. The molecule has 0 amide bonds. The molecule has 4 heteroatoms. The number of Topliss-reactive ketones (excluding diaryl/α,β-unsaturated/α-hetero) is 1. The Morgan fingerprint density at radius 3 is 2.63 bits per heavy atom. The minimum atomic E-state index is 0.0700. The number of ketones is 1. The van der Waals surface area contributed by atoms with E-state index in [-0.39, 0.29) is 5.78 Å². The number of hydrogen-bond donors (Lipinski definition) is 1. The summed E-state index contributed by atoms with van der Waals surface area (Å²) in [6.45, 7) is 4.22. The number of H-pyrrole nitrogens is 1. The molecular formula is C15H18N2O2. The topological polar surface area (TPSA) is 55.0 Å². The monoisotopic (exact) mass is 258 g/mol. The van der Waals surface area contributed by atoms with Crippen molar-refractivity contribution >= 4 is 5.78 Å². The normalized spacial score (nSPS) is 10.4. The zero-order valence-corrected chi connectivity index (χ0v) is 11.3. The zero-order chi connectivity index (χ0) is 13.7. The van der Waals surface area contributed by atoms with Crippen molar-refractivity contribution in [1.29, 1.82) is 0 Å². The van der Waals surface area contributed by atoms with Crippen LogP contribution in [-0.2, 0) is 6.42 Å². The summed E-state index contributed by atoms with van der Waals surface area (Å²) in [7, 11) is 0. The van der Waals surface area contributed by atoms with Crippen LogP contribution in [0, 0.1) is 6.92 Å². The number of benzene rings is 1. The van der Waals surface area contributed by atoms with Gasteiger partial charge in [-0.1, -0.05) is 0 Å². The van der Waals surface area contributed by atoms with Crippen LogP contribution in [0.4, 0.5) is 0 Å². The molecule has 0 aliphatic carbocycles.